The highest BCUT2D eigenvalue weighted by atomic mass is 16.7. The van der Waals surface area contributed by atoms with Crippen LogP contribution in [0.5, 0.6) is 0 Å². The first kappa shape index (κ1) is 43.4. The second kappa shape index (κ2) is 17.4. The van der Waals surface area contributed by atoms with Gasteiger partial charge in [0.25, 0.3) is 0 Å². The topological polar surface area (TPSA) is 193 Å². The van der Waals surface area contributed by atoms with Gasteiger partial charge in [0, 0.05) is 46.5 Å². The Morgan fingerprint density at radius 1 is 0.679 bits per heavy atom. The molecule has 15 heteroatoms. The second-order valence-electron chi connectivity index (χ2n) is 17.2. The fourth-order valence-electron chi connectivity index (χ4n) is 11.7. The quantitative estimate of drug-likeness (QED) is 0.205. The van der Waals surface area contributed by atoms with Gasteiger partial charge in [-0.05, 0) is 98.7 Å². The summed E-state index contributed by atoms with van der Waals surface area (Å²) in [6, 6.07) is 0. The van der Waals surface area contributed by atoms with E-state index >= 15 is 0 Å². The molecule has 0 amide bonds. The van der Waals surface area contributed by atoms with Gasteiger partial charge in [-0.15, -0.1) is 0 Å². The standard InChI is InChI=1S/C41H60O15/c1-20(10-15-33(47)55-39-37(54-25(6)46)35(53-24(5)45)34(52-23(4)44)36(56-39)38(48)49-9)29-13-14-30-28-12-11-26-18-27(50-21(2)42)16-17-40(26,7)31(28)19-32(41(29,30)8)51-22(3)43/h20,26-32,34-37,39H,10-19H2,1-9H3/t20-,26-,27-,28+,29-,30+,31+,32+,34+,35+,36+,37-,39+,40+,41-/m1/s1. The van der Waals surface area contributed by atoms with Crippen LogP contribution in [0.15, 0.2) is 0 Å². The maximum Gasteiger partial charge on any atom is 0.339 e. The van der Waals surface area contributed by atoms with Crippen molar-refractivity contribution in [3.8, 4) is 0 Å². The van der Waals surface area contributed by atoms with Gasteiger partial charge in [0.15, 0.2) is 18.3 Å². The van der Waals surface area contributed by atoms with Crippen molar-refractivity contribution in [2.45, 2.75) is 163 Å². The smallest absolute Gasteiger partial charge is 0.339 e. The molecule has 56 heavy (non-hydrogen) atoms. The van der Waals surface area contributed by atoms with E-state index in [1.807, 2.05) is 0 Å². The van der Waals surface area contributed by atoms with Gasteiger partial charge in [-0.25, -0.2) is 4.79 Å². The predicted octanol–water partition coefficient (Wildman–Crippen LogP) is 4.77. The minimum atomic E-state index is -1.71. The number of hydrogen-bond acceptors (Lipinski definition) is 15. The maximum atomic E-state index is 13.6. The van der Waals surface area contributed by atoms with Crippen LogP contribution in [-0.4, -0.2) is 91.8 Å². The molecule has 15 nitrogen and oxygen atoms in total. The van der Waals surface area contributed by atoms with E-state index in [0.29, 0.717) is 30.1 Å². The van der Waals surface area contributed by atoms with Crippen LogP contribution in [-0.2, 0) is 71.5 Å². The van der Waals surface area contributed by atoms with E-state index in [1.54, 1.807) is 0 Å². The first-order chi connectivity index (χ1) is 26.3. The van der Waals surface area contributed by atoms with Crippen LogP contribution in [0, 0.1) is 46.3 Å². The largest absolute Gasteiger partial charge is 0.467 e. The summed E-state index contributed by atoms with van der Waals surface area (Å²) in [4.78, 5) is 87.1. The lowest BCUT2D eigenvalue weighted by molar-refractivity contribution is -0.294. The zero-order chi connectivity index (χ0) is 41.3. The number of carbonyl (C=O) groups excluding carboxylic acids is 7. The Morgan fingerprint density at radius 2 is 1.29 bits per heavy atom. The molecule has 5 fully saturated rings. The zero-order valence-electron chi connectivity index (χ0n) is 34.2. The third kappa shape index (κ3) is 8.87. The number of esters is 7. The van der Waals surface area contributed by atoms with Crippen LogP contribution in [0.2, 0.25) is 0 Å². The molecule has 0 aromatic rings. The lowest BCUT2D eigenvalue weighted by atomic mass is 9.43. The molecular weight excluding hydrogens is 732 g/mol. The normalized spacial score (nSPS) is 39.2. The summed E-state index contributed by atoms with van der Waals surface area (Å²) >= 11 is 0. The molecule has 0 bridgehead atoms. The molecule has 0 unspecified atom stereocenters. The first-order valence-electron chi connectivity index (χ1n) is 20.1. The Bertz CT molecular complexity index is 1530. The number of hydrogen-bond donors (Lipinski definition) is 0. The van der Waals surface area contributed by atoms with Crippen molar-refractivity contribution in [1.82, 2.24) is 0 Å². The summed E-state index contributed by atoms with van der Waals surface area (Å²) < 4.78 is 44.3. The van der Waals surface area contributed by atoms with Crippen LogP contribution in [0.4, 0.5) is 0 Å². The maximum absolute atomic E-state index is 13.6. The molecule has 15 atom stereocenters. The Morgan fingerprint density at radius 3 is 1.89 bits per heavy atom. The number of rotatable bonds is 11. The molecule has 0 aromatic carbocycles. The molecule has 5 rings (SSSR count). The van der Waals surface area contributed by atoms with Gasteiger partial charge in [-0.1, -0.05) is 20.8 Å². The summed E-state index contributed by atoms with van der Waals surface area (Å²) in [5.41, 5.74) is -0.268. The lowest BCUT2D eigenvalue weighted by Gasteiger charge is -2.62. The monoisotopic (exact) mass is 792 g/mol. The number of fused-ring (bicyclic) bond motifs is 5. The van der Waals surface area contributed by atoms with Crippen molar-refractivity contribution in [3.05, 3.63) is 0 Å². The summed E-state index contributed by atoms with van der Waals surface area (Å²) in [7, 11) is 1.08. The second-order valence-corrected chi connectivity index (χ2v) is 17.2. The Kier molecular flexibility index (Phi) is 13.5. The highest BCUT2D eigenvalue weighted by molar-refractivity contribution is 5.77. The number of carbonyl (C=O) groups is 7. The van der Waals surface area contributed by atoms with Gasteiger partial charge < -0.3 is 37.9 Å². The van der Waals surface area contributed by atoms with Gasteiger partial charge in [-0.3, -0.25) is 28.8 Å². The van der Waals surface area contributed by atoms with Crippen LogP contribution < -0.4 is 0 Å². The molecule has 1 heterocycles. The van der Waals surface area contributed by atoms with Crippen molar-refractivity contribution >= 4 is 41.8 Å². The van der Waals surface area contributed by atoms with E-state index in [2.05, 4.69) is 20.8 Å². The highest BCUT2D eigenvalue weighted by Crippen LogP contribution is 2.69. The van der Waals surface area contributed by atoms with E-state index in [1.165, 1.54) is 13.8 Å². The van der Waals surface area contributed by atoms with E-state index in [0.717, 1.165) is 79.2 Å². The predicted molar refractivity (Wildman–Crippen MR) is 194 cm³/mol. The van der Waals surface area contributed by atoms with Crippen molar-refractivity contribution < 1.29 is 71.5 Å². The molecule has 314 valence electrons. The summed E-state index contributed by atoms with van der Waals surface area (Å²) in [5.74, 6) is -3.03. The molecule has 4 aliphatic carbocycles. The third-order valence-corrected chi connectivity index (χ3v) is 14.0. The molecular formula is C41H60O15. The summed E-state index contributed by atoms with van der Waals surface area (Å²) in [5, 5.41) is 0. The molecule has 0 aromatic heterocycles. The molecule has 0 radical (unpaired) electrons. The van der Waals surface area contributed by atoms with Gasteiger partial charge in [0.1, 0.15) is 12.2 Å². The first-order valence-corrected chi connectivity index (χ1v) is 20.1. The molecule has 0 spiro atoms. The number of methoxy groups -OCH3 is 1. The minimum absolute atomic E-state index is 0.0137. The van der Waals surface area contributed by atoms with E-state index < -0.39 is 60.6 Å². The SMILES string of the molecule is COC(=O)[C@H]1O[C@H](OC(=O)CC[C@@H](C)[C@H]2CC[C@H]3[C@@H]4CC[C@@H]5C[C@H](OC(C)=O)CC[C@]5(C)[C@H]4C[C@H](OC(C)=O)[C@]23C)[C@H](OC(C)=O)[C@@H](OC(C)=O)[C@@H]1OC(C)=O. The fraction of sp³-hybridized carbons (Fsp3) is 0.829. The highest BCUT2D eigenvalue weighted by Gasteiger charge is 2.65. The Hall–Kier alpha value is -3.75. The van der Waals surface area contributed by atoms with Crippen molar-refractivity contribution in [2.24, 2.45) is 46.3 Å². The molecule has 4 saturated carbocycles. The van der Waals surface area contributed by atoms with Crippen molar-refractivity contribution in [2.75, 3.05) is 7.11 Å². The Labute approximate surface area is 328 Å². The van der Waals surface area contributed by atoms with E-state index in [9.17, 15) is 33.6 Å². The molecule has 5 aliphatic rings. The molecule has 1 aliphatic heterocycles. The van der Waals surface area contributed by atoms with Gasteiger partial charge in [0.2, 0.25) is 12.4 Å². The van der Waals surface area contributed by atoms with Crippen molar-refractivity contribution in [1.29, 1.82) is 0 Å². The van der Waals surface area contributed by atoms with E-state index in [4.69, 9.17) is 37.9 Å². The van der Waals surface area contributed by atoms with Crippen molar-refractivity contribution in [3.63, 3.8) is 0 Å². The minimum Gasteiger partial charge on any atom is -0.467 e. The lowest BCUT2D eigenvalue weighted by Crippen LogP contribution is -2.64. The Balaban J connectivity index is 1.31. The van der Waals surface area contributed by atoms with Crippen LogP contribution in [0.3, 0.4) is 0 Å². The van der Waals surface area contributed by atoms with Crippen LogP contribution in [0.25, 0.3) is 0 Å². The van der Waals surface area contributed by atoms with Gasteiger partial charge >= 0.3 is 41.8 Å². The van der Waals surface area contributed by atoms with Crippen LogP contribution >= 0.6 is 0 Å². The van der Waals surface area contributed by atoms with Gasteiger partial charge in [-0.2, -0.15) is 0 Å². The molecule has 0 N–H and O–H groups in total. The summed E-state index contributed by atoms with van der Waals surface area (Å²) in [6.07, 6.45) is -0.639. The summed E-state index contributed by atoms with van der Waals surface area (Å²) in [6.45, 7) is 12.9. The molecule has 1 saturated heterocycles. The average Bonchev–Trinajstić information content (AvgIpc) is 3.47. The third-order valence-electron chi connectivity index (χ3n) is 14.0. The van der Waals surface area contributed by atoms with Crippen LogP contribution in [0.1, 0.15) is 120 Å². The zero-order valence-corrected chi connectivity index (χ0v) is 34.2. The average molecular weight is 793 g/mol. The number of ether oxygens (including phenoxy) is 8. The van der Waals surface area contributed by atoms with Gasteiger partial charge in [0.05, 0.1) is 7.11 Å². The fourth-order valence-corrected chi connectivity index (χ4v) is 11.7. The van der Waals surface area contributed by atoms with E-state index in [-0.39, 0.29) is 53.2 Å².